The minimum atomic E-state index is 0.461. The van der Waals surface area contributed by atoms with Crippen molar-refractivity contribution in [1.29, 1.82) is 0 Å². The second-order valence-corrected chi connectivity index (χ2v) is 5.79. The number of halogens is 1. The fourth-order valence-corrected chi connectivity index (χ4v) is 2.30. The number of aliphatic imine (C=N–C) groups is 1. The molecule has 2 heterocycles. The first kappa shape index (κ1) is 19.9. The highest BCUT2D eigenvalue weighted by Crippen LogP contribution is 2.13. The van der Waals surface area contributed by atoms with Crippen LogP contribution in [0.4, 0.5) is 0 Å². The monoisotopic (exact) mass is 377 g/mol. The Kier molecular flexibility index (Phi) is 8.65. The van der Waals surface area contributed by atoms with Gasteiger partial charge in [-0.3, -0.25) is 4.99 Å². The predicted octanol–water partition coefficient (Wildman–Crippen LogP) is 2.06. The number of nitrogens with zero attached hydrogens (tertiary/aromatic N) is 3. The first-order valence-electron chi connectivity index (χ1n) is 8.33. The number of pyridine rings is 2. The van der Waals surface area contributed by atoms with E-state index in [1.165, 1.54) is 0 Å². The molecule has 0 atom stereocenters. The molecular formula is C18H24ClN5O2. The minimum Gasteiger partial charge on any atom is -0.475 e. The smallest absolute Gasteiger partial charge is 0.218 e. The summed E-state index contributed by atoms with van der Waals surface area (Å²) < 4.78 is 10.6. The van der Waals surface area contributed by atoms with Gasteiger partial charge in [-0.15, -0.1) is 0 Å². The van der Waals surface area contributed by atoms with Crippen LogP contribution in [-0.4, -0.2) is 49.8 Å². The third-order valence-electron chi connectivity index (χ3n) is 3.54. The van der Waals surface area contributed by atoms with Crippen LogP contribution in [0.15, 0.2) is 41.7 Å². The van der Waals surface area contributed by atoms with E-state index in [1.807, 2.05) is 18.2 Å². The van der Waals surface area contributed by atoms with Gasteiger partial charge in [-0.05, 0) is 24.1 Å². The third-order valence-corrected chi connectivity index (χ3v) is 3.76. The summed E-state index contributed by atoms with van der Waals surface area (Å²) in [7, 11) is 3.37. The van der Waals surface area contributed by atoms with E-state index in [-0.39, 0.29) is 0 Å². The van der Waals surface area contributed by atoms with Crippen molar-refractivity contribution in [1.82, 2.24) is 20.6 Å². The largest absolute Gasteiger partial charge is 0.475 e. The Morgan fingerprint density at radius 2 is 2.08 bits per heavy atom. The normalized spacial score (nSPS) is 11.3. The Morgan fingerprint density at radius 3 is 2.81 bits per heavy atom. The number of guanidine groups is 1. The molecule has 2 aromatic rings. The molecular weight excluding hydrogens is 354 g/mol. The Labute approximate surface area is 158 Å². The van der Waals surface area contributed by atoms with Crippen LogP contribution < -0.4 is 15.4 Å². The van der Waals surface area contributed by atoms with E-state index < -0.39 is 0 Å². The van der Waals surface area contributed by atoms with E-state index in [2.05, 4.69) is 25.6 Å². The summed E-state index contributed by atoms with van der Waals surface area (Å²) >= 11 is 5.79. The maximum absolute atomic E-state index is 5.79. The first-order valence-corrected chi connectivity index (χ1v) is 8.71. The van der Waals surface area contributed by atoms with Gasteiger partial charge in [0.15, 0.2) is 5.96 Å². The summed E-state index contributed by atoms with van der Waals surface area (Å²) in [5.74, 6) is 1.30. The Morgan fingerprint density at radius 1 is 1.19 bits per heavy atom. The molecule has 0 aromatic carbocycles. The van der Waals surface area contributed by atoms with Crippen LogP contribution in [0.1, 0.15) is 11.1 Å². The van der Waals surface area contributed by atoms with Crippen LogP contribution in [0, 0.1) is 0 Å². The molecule has 8 heteroatoms. The summed E-state index contributed by atoms with van der Waals surface area (Å²) in [6.45, 7) is 2.26. The molecule has 0 radical (unpaired) electrons. The molecule has 0 saturated carbocycles. The number of aromatic nitrogens is 2. The molecule has 0 amide bonds. The van der Waals surface area contributed by atoms with Crippen molar-refractivity contribution >= 4 is 17.6 Å². The Hall–Kier alpha value is -2.38. The average Bonchev–Trinajstić information content (AvgIpc) is 2.67. The van der Waals surface area contributed by atoms with E-state index in [0.29, 0.717) is 36.8 Å². The lowest BCUT2D eigenvalue weighted by atomic mass is 10.2. The molecule has 0 aliphatic heterocycles. The summed E-state index contributed by atoms with van der Waals surface area (Å²) in [6, 6.07) is 7.60. The minimum absolute atomic E-state index is 0.461. The standard InChI is InChI=1S/C18H24ClN5O2/c1-20-18(22-9-7-14-5-6-16(19)23-12-14)24-13-15-4-3-8-21-17(15)26-11-10-25-2/h3-6,8,12H,7,9-11,13H2,1-2H3,(H2,20,22,24). The van der Waals surface area contributed by atoms with Crippen LogP contribution in [0.3, 0.4) is 0 Å². The van der Waals surface area contributed by atoms with E-state index >= 15 is 0 Å². The van der Waals surface area contributed by atoms with Crippen molar-refractivity contribution in [3.8, 4) is 5.88 Å². The van der Waals surface area contributed by atoms with Crippen LogP contribution in [0.25, 0.3) is 0 Å². The number of rotatable bonds is 9. The van der Waals surface area contributed by atoms with Gasteiger partial charge < -0.3 is 20.1 Å². The van der Waals surface area contributed by atoms with Crippen LogP contribution in [0.2, 0.25) is 5.15 Å². The lowest BCUT2D eigenvalue weighted by Crippen LogP contribution is -2.38. The lowest BCUT2D eigenvalue weighted by molar-refractivity contribution is 0.143. The van der Waals surface area contributed by atoms with Gasteiger partial charge in [-0.2, -0.15) is 0 Å². The Balaban J connectivity index is 1.80. The SMILES string of the molecule is CN=C(NCCc1ccc(Cl)nc1)NCc1cccnc1OCCOC. The lowest BCUT2D eigenvalue weighted by Gasteiger charge is -2.14. The molecule has 0 fully saturated rings. The second kappa shape index (κ2) is 11.3. The number of hydrogen-bond donors (Lipinski definition) is 2. The number of nitrogens with one attached hydrogen (secondary N) is 2. The van der Waals surface area contributed by atoms with Gasteiger partial charge in [0.25, 0.3) is 0 Å². The molecule has 26 heavy (non-hydrogen) atoms. The maximum Gasteiger partial charge on any atom is 0.218 e. The van der Waals surface area contributed by atoms with Crippen LogP contribution in [0.5, 0.6) is 5.88 Å². The molecule has 0 spiro atoms. The van der Waals surface area contributed by atoms with Crippen LogP contribution >= 0.6 is 11.6 Å². The highest BCUT2D eigenvalue weighted by atomic mass is 35.5. The van der Waals surface area contributed by atoms with Gasteiger partial charge in [-0.25, -0.2) is 9.97 Å². The number of methoxy groups -OCH3 is 1. The molecule has 2 rings (SSSR count). The number of hydrogen-bond acceptors (Lipinski definition) is 5. The average molecular weight is 378 g/mol. The fourth-order valence-electron chi connectivity index (χ4n) is 2.19. The van der Waals surface area contributed by atoms with Crippen molar-refractivity contribution in [2.75, 3.05) is 33.9 Å². The molecule has 0 aliphatic rings. The quantitative estimate of drug-likeness (QED) is 0.301. The van der Waals surface area contributed by atoms with Crippen molar-refractivity contribution in [2.24, 2.45) is 4.99 Å². The summed E-state index contributed by atoms with van der Waals surface area (Å²) in [5.41, 5.74) is 2.06. The third kappa shape index (κ3) is 6.85. The molecule has 0 unspecified atom stereocenters. The van der Waals surface area contributed by atoms with Crippen molar-refractivity contribution < 1.29 is 9.47 Å². The fraction of sp³-hybridized carbons (Fsp3) is 0.389. The van der Waals surface area contributed by atoms with Gasteiger partial charge in [-0.1, -0.05) is 23.7 Å². The molecule has 140 valence electrons. The second-order valence-electron chi connectivity index (χ2n) is 5.40. The molecule has 0 bridgehead atoms. The highest BCUT2D eigenvalue weighted by Gasteiger charge is 2.06. The van der Waals surface area contributed by atoms with Gasteiger partial charge in [0.05, 0.1) is 6.61 Å². The highest BCUT2D eigenvalue weighted by molar-refractivity contribution is 6.29. The maximum atomic E-state index is 5.79. The van der Waals surface area contributed by atoms with E-state index in [1.54, 1.807) is 32.6 Å². The molecule has 2 aromatic heterocycles. The van der Waals surface area contributed by atoms with Gasteiger partial charge in [0, 0.05) is 45.2 Å². The molecule has 2 N–H and O–H groups in total. The predicted molar refractivity (Wildman–Crippen MR) is 103 cm³/mol. The van der Waals surface area contributed by atoms with Crippen molar-refractivity contribution in [3.05, 3.63) is 52.9 Å². The van der Waals surface area contributed by atoms with E-state index in [0.717, 1.165) is 24.1 Å². The van der Waals surface area contributed by atoms with E-state index in [4.69, 9.17) is 21.1 Å². The first-order chi connectivity index (χ1) is 12.7. The zero-order valence-corrected chi connectivity index (χ0v) is 15.8. The molecule has 0 aliphatic carbocycles. The van der Waals surface area contributed by atoms with Crippen molar-refractivity contribution in [3.63, 3.8) is 0 Å². The van der Waals surface area contributed by atoms with Gasteiger partial charge in [0.1, 0.15) is 11.8 Å². The van der Waals surface area contributed by atoms with Gasteiger partial charge in [0.2, 0.25) is 5.88 Å². The Bertz CT molecular complexity index is 694. The van der Waals surface area contributed by atoms with E-state index in [9.17, 15) is 0 Å². The molecule has 0 saturated heterocycles. The number of ether oxygens (including phenoxy) is 2. The van der Waals surface area contributed by atoms with Crippen LogP contribution in [-0.2, 0) is 17.7 Å². The topological polar surface area (TPSA) is 80.7 Å². The zero-order chi connectivity index (χ0) is 18.6. The van der Waals surface area contributed by atoms with Gasteiger partial charge >= 0.3 is 0 Å². The van der Waals surface area contributed by atoms with Crippen molar-refractivity contribution in [2.45, 2.75) is 13.0 Å². The molecule has 7 nitrogen and oxygen atoms in total. The zero-order valence-electron chi connectivity index (χ0n) is 15.0. The summed E-state index contributed by atoms with van der Waals surface area (Å²) in [6.07, 6.45) is 4.31. The summed E-state index contributed by atoms with van der Waals surface area (Å²) in [5, 5.41) is 7.03. The summed E-state index contributed by atoms with van der Waals surface area (Å²) in [4.78, 5) is 12.6.